The van der Waals surface area contributed by atoms with E-state index >= 15 is 0 Å². The van der Waals surface area contributed by atoms with Gasteiger partial charge in [-0.05, 0) is 42.9 Å². The van der Waals surface area contributed by atoms with Gasteiger partial charge in [0.2, 0.25) is 0 Å². The number of ether oxygens (including phenoxy) is 1. The van der Waals surface area contributed by atoms with Crippen LogP contribution in [0.25, 0.3) is 0 Å². The second-order valence-electron chi connectivity index (χ2n) is 4.91. The summed E-state index contributed by atoms with van der Waals surface area (Å²) in [5, 5.41) is 0. The summed E-state index contributed by atoms with van der Waals surface area (Å²) in [6.07, 6.45) is -2.69. The lowest BCUT2D eigenvalue weighted by Gasteiger charge is -2.17. The van der Waals surface area contributed by atoms with Gasteiger partial charge in [-0.15, -0.1) is 0 Å². The largest absolute Gasteiger partial charge is 0.469 e. The third-order valence-electron chi connectivity index (χ3n) is 3.47. The maximum atomic E-state index is 12.9. The van der Waals surface area contributed by atoms with Gasteiger partial charge in [0.25, 0.3) is 0 Å². The van der Waals surface area contributed by atoms with E-state index < -0.39 is 23.6 Å². The summed E-state index contributed by atoms with van der Waals surface area (Å²) in [5.74, 6) is -0.928. The lowest BCUT2D eigenvalue weighted by molar-refractivity contribution is -0.143. The van der Waals surface area contributed by atoms with Crippen molar-refractivity contribution >= 4 is 5.97 Å². The van der Waals surface area contributed by atoms with E-state index in [-0.39, 0.29) is 11.5 Å². The molecule has 0 N–H and O–H groups in total. The summed E-state index contributed by atoms with van der Waals surface area (Å²) < 4.78 is 43.3. The molecule has 1 aliphatic carbocycles. The Kier molecular flexibility index (Phi) is 3.56. The second-order valence-corrected chi connectivity index (χ2v) is 4.91. The van der Waals surface area contributed by atoms with Crippen molar-refractivity contribution in [2.24, 2.45) is 5.92 Å². The maximum absolute atomic E-state index is 12.9. The first-order chi connectivity index (χ1) is 8.84. The van der Waals surface area contributed by atoms with Crippen molar-refractivity contribution in [1.29, 1.82) is 0 Å². The Balaban J connectivity index is 2.41. The zero-order valence-corrected chi connectivity index (χ0v) is 10.8. The Morgan fingerprint density at radius 3 is 2.47 bits per heavy atom. The van der Waals surface area contributed by atoms with Crippen molar-refractivity contribution in [2.45, 2.75) is 31.9 Å². The second kappa shape index (κ2) is 4.87. The highest BCUT2D eigenvalue weighted by atomic mass is 19.4. The molecule has 1 atom stereocenters. The van der Waals surface area contributed by atoms with Crippen molar-refractivity contribution < 1.29 is 22.7 Å². The van der Waals surface area contributed by atoms with Gasteiger partial charge in [0.05, 0.1) is 18.6 Å². The molecule has 1 fully saturated rings. The summed E-state index contributed by atoms with van der Waals surface area (Å²) in [6, 6.07) is 4.08. The molecule has 0 saturated heterocycles. The summed E-state index contributed by atoms with van der Waals surface area (Å²) in [5.41, 5.74) is -0.123. The minimum absolute atomic E-state index is 0.108. The first kappa shape index (κ1) is 13.9. The number of alkyl halides is 3. The molecule has 1 unspecified atom stereocenters. The van der Waals surface area contributed by atoms with Crippen LogP contribution >= 0.6 is 0 Å². The van der Waals surface area contributed by atoms with Crippen molar-refractivity contribution in [3.05, 3.63) is 34.9 Å². The van der Waals surface area contributed by atoms with Crippen LogP contribution in [-0.4, -0.2) is 13.1 Å². The molecule has 104 valence electrons. The van der Waals surface area contributed by atoms with Crippen LogP contribution in [0.5, 0.6) is 0 Å². The molecule has 19 heavy (non-hydrogen) atoms. The topological polar surface area (TPSA) is 26.3 Å². The number of halogens is 3. The normalized spacial score (nSPS) is 17.1. The Labute approximate surface area is 109 Å². The predicted molar refractivity (Wildman–Crippen MR) is 63.7 cm³/mol. The van der Waals surface area contributed by atoms with E-state index in [0.29, 0.717) is 5.56 Å². The summed E-state index contributed by atoms with van der Waals surface area (Å²) >= 11 is 0. The number of aryl methyl sites for hydroxylation is 1. The zero-order chi connectivity index (χ0) is 14.2. The van der Waals surface area contributed by atoms with Crippen LogP contribution in [0, 0.1) is 12.8 Å². The lowest BCUT2D eigenvalue weighted by Crippen LogP contribution is -2.17. The fourth-order valence-electron chi connectivity index (χ4n) is 2.30. The summed E-state index contributed by atoms with van der Waals surface area (Å²) in [6.45, 7) is 1.41. The van der Waals surface area contributed by atoms with E-state index in [9.17, 15) is 18.0 Å². The Morgan fingerprint density at radius 2 is 2.00 bits per heavy atom. The molecule has 0 aliphatic heterocycles. The lowest BCUT2D eigenvalue weighted by atomic mass is 9.91. The molecule has 0 bridgehead atoms. The van der Waals surface area contributed by atoms with Gasteiger partial charge in [0, 0.05) is 0 Å². The minimum Gasteiger partial charge on any atom is -0.469 e. The SMILES string of the molecule is COC(=O)C(c1ccc(C)c(C(F)(F)F)c1)C1CC1. The smallest absolute Gasteiger partial charge is 0.416 e. The van der Waals surface area contributed by atoms with Crippen LogP contribution in [0.3, 0.4) is 0 Å². The number of carbonyl (C=O) groups excluding carboxylic acids is 1. The number of hydrogen-bond donors (Lipinski definition) is 0. The van der Waals surface area contributed by atoms with Gasteiger partial charge in [-0.25, -0.2) is 0 Å². The molecular formula is C14H15F3O2. The molecule has 2 rings (SSSR count). The standard InChI is InChI=1S/C14H15F3O2/c1-8-3-4-10(7-11(8)14(15,16)17)12(9-5-6-9)13(18)19-2/h3-4,7,9,12H,5-6H2,1-2H3. The Morgan fingerprint density at radius 1 is 1.37 bits per heavy atom. The molecule has 0 aromatic heterocycles. The van der Waals surface area contributed by atoms with E-state index in [4.69, 9.17) is 4.74 Å². The van der Waals surface area contributed by atoms with Gasteiger partial charge in [0.1, 0.15) is 0 Å². The molecule has 0 amide bonds. The van der Waals surface area contributed by atoms with Gasteiger partial charge >= 0.3 is 12.1 Å². The fourth-order valence-corrected chi connectivity index (χ4v) is 2.30. The fraction of sp³-hybridized carbons (Fsp3) is 0.500. The number of benzene rings is 1. The quantitative estimate of drug-likeness (QED) is 0.784. The summed E-state index contributed by atoms with van der Waals surface area (Å²) in [4.78, 5) is 11.7. The van der Waals surface area contributed by atoms with Crippen LogP contribution < -0.4 is 0 Å². The van der Waals surface area contributed by atoms with Crippen LogP contribution in [0.4, 0.5) is 13.2 Å². The Bertz CT molecular complexity index is 490. The monoisotopic (exact) mass is 272 g/mol. The summed E-state index contributed by atoms with van der Waals surface area (Å²) in [7, 11) is 1.26. The van der Waals surface area contributed by atoms with Gasteiger partial charge < -0.3 is 4.74 Å². The highest BCUT2D eigenvalue weighted by molar-refractivity contribution is 5.79. The van der Waals surface area contributed by atoms with Crippen molar-refractivity contribution in [1.82, 2.24) is 0 Å². The number of methoxy groups -OCH3 is 1. The van der Waals surface area contributed by atoms with Gasteiger partial charge in [-0.1, -0.05) is 12.1 Å². The number of rotatable bonds is 3. The molecule has 5 heteroatoms. The van der Waals surface area contributed by atoms with E-state index in [1.54, 1.807) is 6.07 Å². The predicted octanol–water partition coefficient (Wildman–Crippen LogP) is 3.68. The van der Waals surface area contributed by atoms with Gasteiger partial charge in [-0.2, -0.15) is 13.2 Å². The molecule has 0 radical (unpaired) electrons. The highest BCUT2D eigenvalue weighted by Gasteiger charge is 2.40. The zero-order valence-electron chi connectivity index (χ0n) is 10.8. The number of esters is 1. The van der Waals surface area contributed by atoms with E-state index in [2.05, 4.69) is 0 Å². The molecule has 1 aliphatic rings. The van der Waals surface area contributed by atoms with E-state index in [1.165, 1.54) is 20.1 Å². The van der Waals surface area contributed by atoms with Crippen LogP contribution in [-0.2, 0) is 15.7 Å². The van der Waals surface area contributed by atoms with Gasteiger partial charge in [-0.3, -0.25) is 4.79 Å². The molecule has 2 nitrogen and oxygen atoms in total. The van der Waals surface area contributed by atoms with Crippen LogP contribution in [0.15, 0.2) is 18.2 Å². The van der Waals surface area contributed by atoms with Gasteiger partial charge in [0.15, 0.2) is 0 Å². The molecule has 0 heterocycles. The van der Waals surface area contributed by atoms with Crippen LogP contribution in [0.2, 0.25) is 0 Å². The molecular weight excluding hydrogens is 257 g/mol. The van der Waals surface area contributed by atoms with E-state index in [1.807, 2.05) is 0 Å². The molecule has 1 aromatic rings. The maximum Gasteiger partial charge on any atom is 0.416 e. The molecule has 1 saturated carbocycles. The number of hydrogen-bond acceptors (Lipinski definition) is 2. The number of carbonyl (C=O) groups is 1. The third-order valence-corrected chi connectivity index (χ3v) is 3.47. The van der Waals surface area contributed by atoms with Crippen molar-refractivity contribution in [3.63, 3.8) is 0 Å². The molecule has 1 aromatic carbocycles. The third kappa shape index (κ3) is 2.91. The first-order valence-corrected chi connectivity index (χ1v) is 6.10. The van der Waals surface area contributed by atoms with Crippen molar-refractivity contribution in [3.8, 4) is 0 Å². The van der Waals surface area contributed by atoms with Crippen LogP contribution in [0.1, 0.15) is 35.4 Å². The van der Waals surface area contributed by atoms with Crippen molar-refractivity contribution in [2.75, 3.05) is 7.11 Å². The molecule has 0 spiro atoms. The average molecular weight is 272 g/mol. The highest BCUT2D eigenvalue weighted by Crippen LogP contribution is 2.44. The van der Waals surface area contributed by atoms with E-state index in [0.717, 1.165) is 18.9 Å². The first-order valence-electron chi connectivity index (χ1n) is 6.10. The average Bonchev–Trinajstić information content (AvgIpc) is 3.14. The minimum atomic E-state index is -4.40. The Hall–Kier alpha value is -1.52.